The van der Waals surface area contributed by atoms with E-state index < -0.39 is 0 Å². The summed E-state index contributed by atoms with van der Waals surface area (Å²) in [5, 5.41) is 5.61. The van der Waals surface area contributed by atoms with E-state index in [4.69, 9.17) is 5.73 Å². The Labute approximate surface area is 105 Å². The summed E-state index contributed by atoms with van der Waals surface area (Å²) in [5.74, 6) is -0.122. The van der Waals surface area contributed by atoms with Crippen LogP contribution in [0, 0.1) is 0 Å². The van der Waals surface area contributed by atoms with Crippen LogP contribution in [0.1, 0.15) is 28.9 Å². The average molecular weight is 248 g/mol. The second kappa shape index (κ2) is 5.59. The lowest BCUT2D eigenvalue weighted by molar-refractivity contribution is -0.122. The standard InChI is InChI=1S/C12H16N4O2/c13-6-10-5-8(3-4-14-10)12(18)16-9-1-2-11(17)15-7-9/h3-5,9H,1-2,6-7,13H2,(H,15,17)(H,16,18). The number of carbonyl (C=O) groups excluding carboxylic acids is 2. The van der Waals surface area contributed by atoms with Gasteiger partial charge in [-0.05, 0) is 18.6 Å². The van der Waals surface area contributed by atoms with E-state index in [0.29, 0.717) is 37.2 Å². The molecule has 2 heterocycles. The number of pyridine rings is 1. The summed E-state index contributed by atoms with van der Waals surface area (Å²) in [4.78, 5) is 27.0. The SMILES string of the molecule is NCc1cc(C(=O)NC2CCC(=O)NC2)ccn1. The van der Waals surface area contributed by atoms with Crippen molar-refractivity contribution >= 4 is 11.8 Å². The second-order valence-corrected chi connectivity index (χ2v) is 4.25. The minimum Gasteiger partial charge on any atom is -0.354 e. The van der Waals surface area contributed by atoms with Gasteiger partial charge in [-0.1, -0.05) is 0 Å². The van der Waals surface area contributed by atoms with Crippen molar-refractivity contribution in [2.24, 2.45) is 5.73 Å². The average Bonchev–Trinajstić information content (AvgIpc) is 2.41. The molecule has 6 nitrogen and oxygen atoms in total. The molecule has 1 saturated heterocycles. The Hall–Kier alpha value is -1.95. The number of hydrogen-bond acceptors (Lipinski definition) is 4. The molecule has 1 aromatic rings. The highest BCUT2D eigenvalue weighted by molar-refractivity contribution is 5.94. The number of hydrogen-bond donors (Lipinski definition) is 3. The Morgan fingerprint density at radius 2 is 2.44 bits per heavy atom. The van der Waals surface area contributed by atoms with Crippen molar-refractivity contribution < 1.29 is 9.59 Å². The van der Waals surface area contributed by atoms with Crippen LogP contribution in [0.3, 0.4) is 0 Å². The van der Waals surface area contributed by atoms with Gasteiger partial charge >= 0.3 is 0 Å². The van der Waals surface area contributed by atoms with E-state index in [2.05, 4.69) is 15.6 Å². The normalized spacial score (nSPS) is 19.2. The maximum absolute atomic E-state index is 12.0. The van der Waals surface area contributed by atoms with Gasteiger partial charge in [-0.15, -0.1) is 0 Å². The zero-order valence-electron chi connectivity index (χ0n) is 9.98. The van der Waals surface area contributed by atoms with Gasteiger partial charge in [-0.2, -0.15) is 0 Å². The minimum absolute atomic E-state index is 0.00954. The van der Waals surface area contributed by atoms with Crippen LogP contribution in [0.25, 0.3) is 0 Å². The molecule has 6 heteroatoms. The molecule has 0 radical (unpaired) electrons. The number of nitrogens with two attached hydrogens (primary N) is 1. The third-order valence-corrected chi connectivity index (χ3v) is 2.89. The van der Waals surface area contributed by atoms with Gasteiger partial charge in [0.1, 0.15) is 0 Å². The van der Waals surface area contributed by atoms with Gasteiger partial charge in [0.25, 0.3) is 5.91 Å². The lowest BCUT2D eigenvalue weighted by Crippen LogP contribution is -2.47. The van der Waals surface area contributed by atoms with Crippen molar-refractivity contribution in [3.63, 3.8) is 0 Å². The number of nitrogens with zero attached hydrogens (tertiary/aromatic N) is 1. The summed E-state index contributed by atoms with van der Waals surface area (Å²) in [5.41, 5.74) is 6.70. The molecule has 1 unspecified atom stereocenters. The van der Waals surface area contributed by atoms with Crippen LogP contribution in [-0.4, -0.2) is 29.4 Å². The van der Waals surface area contributed by atoms with Gasteiger partial charge in [0.05, 0.1) is 5.69 Å². The highest BCUT2D eigenvalue weighted by Gasteiger charge is 2.20. The van der Waals surface area contributed by atoms with Crippen LogP contribution in [0.4, 0.5) is 0 Å². The van der Waals surface area contributed by atoms with Crippen molar-refractivity contribution in [3.8, 4) is 0 Å². The lowest BCUT2D eigenvalue weighted by atomic mass is 10.1. The smallest absolute Gasteiger partial charge is 0.251 e. The molecular formula is C12H16N4O2. The van der Waals surface area contributed by atoms with Crippen LogP contribution in [-0.2, 0) is 11.3 Å². The molecule has 0 aliphatic carbocycles. The summed E-state index contributed by atoms with van der Waals surface area (Å²) >= 11 is 0. The summed E-state index contributed by atoms with van der Waals surface area (Å²) in [6, 6.07) is 3.32. The number of piperidine rings is 1. The van der Waals surface area contributed by atoms with Crippen LogP contribution >= 0.6 is 0 Å². The Balaban J connectivity index is 1.96. The molecule has 0 spiro atoms. The number of nitrogens with one attached hydrogen (secondary N) is 2. The first kappa shape index (κ1) is 12.5. The molecule has 0 aromatic carbocycles. The van der Waals surface area contributed by atoms with E-state index in [-0.39, 0.29) is 17.9 Å². The fourth-order valence-corrected chi connectivity index (χ4v) is 1.86. The molecular weight excluding hydrogens is 232 g/mol. The summed E-state index contributed by atoms with van der Waals surface area (Å²) in [6.45, 7) is 0.792. The van der Waals surface area contributed by atoms with E-state index in [0.717, 1.165) is 0 Å². The summed E-state index contributed by atoms with van der Waals surface area (Å²) in [7, 11) is 0. The number of rotatable bonds is 3. The topological polar surface area (TPSA) is 97.1 Å². The molecule has 1 fully saturated rings. The predicted molar refractivity (Wildman–Crippen MR) is 65.6 cm³/mol. The third kappa shape index (κ3) is 3.04. The van der Waals surface area contributed by atoms with Crippen molar-refractivity contribution in [2.45, 2.75) is 25.4 Å². The van der Waals surface area contributed by atoms with Gasteiger partial charge in [-0.25, -0.2) is 0 Å². The minimum atomic E-state index is -0.159. The van der Waals surface area contributed by atoms with Gasteiger partial charge < -0.3 is 16.4 Å². The number of amides is 2. The molecule has 1 aliphatic heterocycles. The van der Waals surface area contributed by atoms with Crippen molar-refractivity contribution in [1.29, 1.82) is 0 Å². The highest BCUT2D eigenvalue weighted by Crippen LogP contribution is 2.06. The quantitative estimate of drug-likeness (QED) is 0.675. The zero-order chi connectivity index (χ0) is 13.0. The Morgan fingerprint density at radius 3 is 3.11 bits per heavy atom. The third-order valence-electron chi connectivity index (χ3n) is 2.89. The molecule has 1 atom stereocenters. The van der Waals surface area contributed by atoms with Crippen molar-refractivity contribution in [2.75, 3.05) is 6.54 Å². The zero-order valence-corrected chi connectivity index (χ0v) is 9.98. The van der Waals surface area contributed by atoms with Gasteiger partial charge in [0.2, 0.25) is 5.91 Å². The first-order valence-electron chi connectivity index (χ1n) is 5.91. The van der Waals surface area contributed by atoms with Gasteiger partial charge in [0.15, 0.2) is 0 Å². The van der Waals surface area contributed by atoms with Crippen molar-refractivity contribution in [1.82, 2.24) is 15.6 Å². The molecule has 96 valence electrons. The Bertz CT molecular complexity index is 451. The number of aromatic nitrogens is 1. The maximum atomic E-state index is 12.0. The fourth-order valence-electron chi connectivity index (χ4n) is 1.86. The molecule has 18 heavy (non-hydrogen) atoms. The van der Waals surface area contributed by atoms with E-state index >= 15 is 0 Å². The first-order valence-corrected chi connectivity index (χ1v) is 5.91. The summed E-state index contributed by atoms with van der Waals surface area (Å²) < 4.78 is 0. The first-order chi connectivity index (χ1) is 8.69. The van der Waals surface area contributed by atoms with Crippen molar-refractivity contribution in [3.05, 3.63) is 29.6 Å². The molecule has 2 amide bonds. The predicted octanol–water partition coefficient (Wildman–Crippen LogP) is -0.451. The van der Waals surface area contributed by atoms with E-state index in [1.165, 1.54) is 0 Å². The molecule has 4 N–H and O–H groups in total. The van der Waals surface area contributed by atoms with E-state index in [1.54, 1.807) is 18.3 Å². The Morgan fingerprint density at radius 1 is 1.61 bits per heavy atom. The molecule has 0 saturated carbocycles. The second-order valence-electron chi connectivity index (χ2n) is 4.25. The van der Waals surface area contributed by atoms with E-state index in [1.807, 2.05) is 0 Å². The number of carbonyl (C=O) groups is 2. The van der Waals surface area contributed by atoms with Crippen LogP contribution in [0.15, 0.2) is 18.3 Å². The molecule has 2 rings (SSSR count). The van der Waals surface area contributed by atoms with E-state index in [9.17, 15) is 9.59 Å². The summed E-state index contributed by atoms with van der Waals surface area (Å²) in [6.07, 6.45) is 2.70. The van der Waals surface area contributed by atoms with Crippen LogP contribution in [0.5, 0.6) is 0 Å². The largest absolute Gasteiger partial charge is 0.354 e. The molecule has 1 aromatic heterocycles. The molecule has 1 aliphatic rings. The maximum Gasteiger partial charge on any atom is 0.251 e. The van der Waals surface area contributed by atoms with Crippen LogP contribution < -0.4 is 16.4 Å². The van der Waals surface area contributed by atoms with Gasteiger partial charge in [0, 0.05) is 37.3 Å². The lowest BCUT2D eigenvalue weighted by Gasteiger charge is -2.23. The Kier molecular flexibility index (Phi) is 3.88. The monoisotopic (exact) mass is 248 g/mol. The molecule has 0 bridgehead atoms. The van der Waals surface area contributed by atoms with Gasteiger partial charge in [-0.3, -0.25) is 14.6 Å². The van der Waals surface area contributed by atoms with Crippen LogP contribution in [0.2, 0.25) is 0 Å². The fraction of sp³-hybridized carbons (Fsp3) is 0.417. The highest BCUT2D eigenvalue weighted by atomic mass is 16.2.